The number of carbonyl (C=O) groups is 2. The third kappa shape index (κ3) is 25.7. The number of methoxy groups -OCH3 is 2. The number of nitrogens with zero attached hydrogens (tertiary/aromatic N) is 7. The molecule has 7 heterocycles. The topological polar surface area (TPSA) is 247 Å². The first-order chi connectivity index (χ1) is 49.0. The van der Waals surface area contributed by atoms with Gasteiger partial charge in [-0.1, -0.05) is 109 Å². The summed E-state index contributed by atoms with van der Waals surface area (Å²) < 4.78 is 215. The molecule has 0 bridgehead atoms. The molecule has 0 spiro atoms. The Kier molecular flexibility index (Phi) is 31.8. The highest BCUT2D eigenvalue weighted by Crippen LogP contribution is 2.39. The summed E-state index contributed by atoms with van der Waals surface area (Å²) in [4.78, 5) is 47.1. The fourth-order valence-electron chi connectivity index (χ4n) is 7.72. The molecule has 0 aliphatic heterocycles. The van der Waals surface area contributed by atoms with Gasteiger partial charge in [0, 0.05) is 32.9 Å². The van der Waals surface area contributed by atoms with Crippen molar-refractivity contribution in [3.63, 3.8) is 0 Å². The van der Waals surface area contributed by atoms with Gasteiger partial charge in [-0.25, -0.2) is 70.8 Å². The number of halogens is 24. The predicted molar refractivity (Wildman–Crippen MR) is 411 cm³/mol. The Hall–Kier alpha value is -5.75. The second-order valence-corrected chi connectivity index (χ2v) is 33.9. The largest absolute Gasteiger partial charge is 0.464 e. The number of aromatic nitrogens is 7. The Morgan fingerprint density at radius 2 is 0.585 bits per heavy atom. The van der Waals surface area contributed by atoms with Crippen molar-refractivity contribution in [1.82, 2.24) is 34.9 Å². The lowest BCUT2D eigenvalue weighted by Crippen LogP contribution is -2.22. The van der Waals surface area contributed by atoms with Gasteiger partial charge in [0.15, 0.2) is 49.6 Å². The van der Waals surface area contributed by atoms with Crippen LogP contribution in [0.2, 0.25) is 0 Å². The lowest BCUT2D eigenvalue weighted by Gasteiger charge is -2.05. The van der Waals surface area contributed by atoms with E-state index < -0.39 is 69.5 Å². The van der Waals surface area contributed by atoms with Gasteiger partial charge in [0.25, 0.3) is 0 Å². The van der Waals surface area contributed by atoms with Gasteiger partial charge in [0.05, 0.1) is 84.3 Å². The summed E-state index contributed by atoms with van der Waals surface area (Å²) in [6.07, 6.45) is -9.08. The molecule has 0 amide bonds. The van der Waals surface area contributed by atoms with Crippen molar-refractivity contribution < 1.29 is 89.3 Å². The maximum Gasteiger partial charge on any atom is 0.417 e. The van der Waals surface area contributed by atoms with Crippen LogP contribution in [0.5, 0.6) is 0 Å². The summed E-state index contributed by atoms with van der Waals surface area (Å²) in [5.41, 5.74) is 22.4. The first-order valence-corrected chi connectivity index (χ1v) is 38.6. The molecule has 8 N–H and O–H groups in total. The number of carbonyl (C=O) groups excluding carboxylic acids is 2. The van der Waals surface area contributed by atoms with E-state index in [1.165, 1.54) is 56.9 Å². The minimum atomic E-state index is -4.56. The molecule has 0 aliphatic rings. The van der Waals surface area contributed by atoms with Crippen LogP contribution in [0.4, 0.5) is 90.8 Å². The molecule has 0 saturated heterocycles. The average molecular weight is 2050 g/mol. The van der Waals surface area contributed by atoms with Gasteiger partial charge in [-0.05, 0) is 155 Å². The third-order valence-corrected chi connectivity index (χ3v) is 21.3. The second-order valence-electron chi connectivity index (χ2n) is 19.7. The van der Waals surface area contributed by atoms with Gasteiger partial charge < -0.3 is 32.4 Å². The zero-order valence-electron chi connectivity index (χ0n) is 52.6. The fourth-order valence-corrected chi connectivity index (χ4v) is 18.0. The molecule has 7 aromatic heterocycles. The monoisotopic (exact) mass is 2050 g/mol. The predicted octanol–water partition coefficient (Wildman–Crippen LogP) is 24.8. The number of nitrogen functional groups attached to an aromatic ring is 4. The SMILES string of the molecule is COC(=O)C(F)(F)Cl.COC(=O)C(F)(F)Cl.Cc1nc2c(Br)cc(Br)cc2s1.Cc1nc2c(F)cc(Br)cc2s1.Cc1nc2c(F)cc(C(F)(F)F)cc2s1.Nc1nc2c(Br)cc(Br)cc2s1.Nc1nc2c(F)cc(Br)cc2s1.Nc1nc2c(F)cc(C(F)(F)F)cc2s1.Nc1nc2c(F)cc(F)cc2s1. The minimum absolute atomic E-state index is 0.00509. The van der Waals surface area contributed by atoms with Crippen molar-refractivity contribution in [3.05, 3.63) is 173 Å². The van der Waals surface area contributed by atoms with E-state index >= 15 is 0 Å². The summed E-state index contributed by atoms with van der Waals surface area (Å²) in [5, 5.41) is -3.94. The number of benzene rings is 7. The zero-order chi connectivity index (χ0) is 79.6. The van der Waals surface area contributed by atoms with Gasteiger partial charge in [-0.15, -0.1) is 34.0 Å². The molecule has 14 aromatic rings. The number of aryl methyl sites for hydroxylation is 3. The van der Waals surface area contributed by atoms with E-state index in [4.69, 9.17) is 22.9 Å². The number of alkyl halides is 12. The van der Waals surface area contributed by atoms with Crippen molar-refractivity contribution in [1.29, 1.82) is 0 Å². The van der Waals surface area contributed by atoms with Crippen molar-refractivity contribution in [2.75, 3.05) is 37.2 Å². The highest BCUT2D eigenvalue weighted by Gasteiger charge is 2.38. The Morgan fingerprint density at radius 1 is 0.349 bits per heavy atom. The Morgan fingerprint density at radius 3 is 0.906 bits per heavy atom. The lowest BCUT2D eigenvalue weighted by molar-refractivity contribution is -0.158. The van der Waals surface area contributed by atoms with E-state index in [1.807, 2.05) is 38.1 Å². The van der Waals surface area contributed by atoms with E-state index in [0.717, 1.165) is 124 Å². The normalized spacial score (nSPS) is 11.3. The lowest BCUT2D eigenvalue weighted by atomic mass is 10.2. The quantitative estimate of drug-likeness (QED) is 0.0714. The van der Waals surface area contributed by atoms with Crippen LogP contribution < -0.4 is 22.9 Å². The Bertz CT molecular complexity index is 4880. The van der Waals surface area contributed by atoms with E-state index in [2.05, 4.69) is 169 Å². The van der Waals surface area contributed by atoms with Crippen LogP contribution in [0.1, 0.15) is 26.1 Å². The maximum absolute atomic E-state index is 13.2. The molecule has 566 valence electrons. The molecule has 0 fully saturated rings. The highest BCUT2D eigenvalue weighted by atomic mass is 79.9. The number of fused-ring (bicyclic) bond motifs is 7. The second kappa shape index (κ2) is 37.8. The molecule has 106 heavy (non-hydrogen) atoms. The molecule has 15 nitrogen and oxygen atoms in total. The molecule has 14 rings (SSSR count). The number of thiazole rings is 7. The number of anilines is 4. The molecular formula is C60H37Br6Cl2F16N11O4S7. The van der Waals surface area contributed by atoms with Gasteiger partial charge in [-0.3, -0.25) is 0 Å². The molecule has 0 aliphatic carbocycles. The van der Waals surface area contributed by atoms with Crippen LogP contribution in [-0.4, -0.2) is 71.8 Å². The number of ether oxygens (including phenoxy) is 2. The zero-order valence-corrected chi connectivity index (χ0v) is 69.3. The van der Waals surface area contributed by atoms with E-state index in [-0.39, 0.29) is 47.8 Å². The number of nitrogens with two attached hydrogens (primary N) is 4. The van der Waals surface area contributed by atoms with Gasteiger partial charge in [-0.2, -0.15) is 43.9 Å². The Labute approximate surface area is 673 Å². The standard InChI is InChI=1S/C9H5F4NS.C8H5Br2NS.C8H5BrFNS.C8H4F4N2S.C7H4Br2N2S.C7H4BrFN2S.C7H4F2N2S.2C3H3ClF2O2/c1-4-14-8-6(10)2-5(9(11,12)13)3-7(8)15-4;2*1-4-11-8-6(10)2-5(9)3-7(8)12-4;9-4-1-3(8(10,11)12)2-5-6(4)14-7(13)15-5;3*8-3-1-4(9)6-5(2-3)12-7(10)11-6;2*1-8-2(7)3(4,5)6/h2-3H,1H3;2*2-3H,1H3;1-2H,(H2,13,14);3*1-2H,(H2,10,11);2*1H3. The number of hydrogen-bond acceptors (Lipinski definition) is 22. The minimum Gasteiger partial charge on any atom is -0.464 e. The summed E-state index contributed by atoms with van der Waals surface area (Å²) in [7, 11) is 1.66. The van der Waals surface area contributed by atoms with Crippen LogP contribution in [0.15, 0.2) is 112 Å². The summed E-state index contributed by atoms with van der Waals surface area (Å²) >= 11 is 37.4. The highest BCUT2D eigenvalue weighted by molar-refractivity contribution is 9.11. The van der Waals surface area contributed by atoms with Crippen LogP contribution in [0.25, 0.3) is 71.5 Å². The van der Waals surface area contributed by atoms with Crippen LogP contribution in [-0.2, 0) is 31.4 Å². The molecule has 7 aromatic carbocycles. The van der Waals surface area contributed by atoms with Gasteiger partial charge >= 0.3 is 35.1 Å². The van der Waals surface area contributed by atoms with Crippen LogP contribution in [0.3, 0.4) is 0 Å². The Balaban J connectivity index is 0.000000188. The number of esters is 2. The number of hydrogen-bond donors (Lipinski definition) is 4. The molecular weight excluding hydrogens is 2020 g/mol. The van der Waals surface area contributed by atoms with Crippen molar-refractivity contribution in [3.8, 4) is 0 Å². The average Bonchev–Trinajstić information content (AvgIpc) is 1.56. The van der Waals surface area contributed by atoms with Crippen molar-refractivity contribution in [2.45, 2.75) is 43.9 Å². The molecule has 0 unspecified atom stereocenters. The van der Waals surface area contributed by atoms with Crippen LogP contribution in [0, 0.1) is 55.7 Å². The first kappa shape index (κ1) is 89.1. The summed E-state index contributed by atoms with van der Waals surface area (Å²) in [6.45, 7) is 5.51. The van der Waals surface area contributed by atoms with Crippen LogP contribution >= 0.6 is 198 Å². The number of rotatable bonds is 2. The molecule has 0 radical (unpaired) electrons. The molecule has 0 saturated carbocycles. The third-order valence-electron chi connectivity index (χ3n) is 11.8. The summed E-state index contributed by atoms with van der Waals surface area (Å²) in [6, 6.07) is 19.2. The first-order valence-electron chi connectivity index (χ1n) is 27.4. The van der Waals surface area contributed by atoms with E-state index in [1.54, 1.807) is 24.3 Å². The van der Waals surface area contributed by atoms with Crippen molar-refractivity contribution >= 4 is 302 Å². The maximum atomic E-state index is 13.2. The van der Waals surface area contributed by atoms with E-state index in [9.17, 15) is 79.8 Å². The van der Waals surface area contributed by atoms with Gasteiger partial charge in [0.2, 0.25) is 0 Å². The molecule has 0 atom stereocenters. The van der Waals surface area contributed by atoms with Gasteiger partial charge in [0.1, 0.15) is 33.4 Å². The van der Waals surface area contributed by atoms with Crippen molar-refractivity contribution in [2.24, 2.45) is 0 Å². The molecule has 46 heteroatoms. The summed E-state index contributed by atoms with van der Waals surface area (Å²) in [5.74, 6) is -7.28. The fraction of sp³-hybridized carbons (Fsp3) is 0.150. The smallest absolute Gasteiger partial charge is 0.417 e. The van der Waals surface area contributed by atoms with E-state index in [0.29, 0.717) is 47.6 Å².